The summed E-state index contributed by atoms with van der Waals surface area (Å²) in [4.78, 5) is 12.2. The van der Waals surface area contributed by atoms with E-state index in [1.165, 1.54) is 5.56 Å². The summed E-state index contributed by atoms with van der Waals surface area (Å²) >= 11 is 5.60. The maximum atomic E-state index is 12.2. The first-order valence-corrected chi connectivity index (χ1v) is 7.47. The summed E-state index contributed by atoms with van der Waals surface area (Å²) in [5.74, 6) is 0.157. The predicted octanol–water partition coefficient (Wildman–Crippen LogP) is 4.79. The highest BCUT2D eigenvalue weighted by Gasteiger charge is 2.11. The van der Waals surface area contributed by atoms with Crippen LogP contribution in [0.2, 0.25) is 0 Å². The number of halogens is 2. The number of hydrogen-bond acceptors (Lipinski definition) is 1. The van der Waals surface area contributed by atoms with Crippen LogP contribution in [0, 0.1) is 10.5 Å². The zero-order chi connectivity index (χ0) is 13.1. The summed E-state index contributed by atoms with van der Waals surface area (Å²) in [5.41, 5.74) is 3.05. The first-order chi connectivity index (χ1) is 8.56. The molecule has 1 nitrogen and oxygen atoms in total. The van der Waals surface area contributed by atoms with E-state index in [0.717, 1.165) is 19.2 Å². The van der Waals surface area contributed by atoms with Crippen LogP contribution in [0.5, 0.6) is 0 Å². The molecule has 0 unspecified atom stereocenters. The van der Waals surface area contributed by atoms with E-state index in [-0.39, 0.29) is 5.78 Å². The molecule has 0 amide bonds. The lowest BCUT2D eigenvalue weighted by Crippen LogP contribution is -2.05. The van der Waals surface area contributed by atoms with Gasteiger partial charge in [-0.1, -0.05) is 45.8 Å². The fourth-order valence-electron chi connectivity index (χ4n) is 1.70. The van der Waals surface area contributed by atoms with Crippen molar-refractivity contribution in [1.82, 2.24) is 0 Å². The van der Waals surface area contributed by atoms with Crippen molar-refractivity contribution in [1.29, 1.82) is 0 Å². The van der Waals surface area contributed by atoms with Gasteiger partial charge in [0, 0.05) is 20.0 Å². The predicted molar refractivity (Wildman–Crippen MR) is 86.1 cm³/mol. The molecule has 92 valence electrons. The monoisotopic (exact) mass is 414 g/mol. The van der Waals surface area contributed by atoms with Gasteiger partial charge in [0.2, 0.25) is 0 Å². The molecule has 0 fully saturated rings. The molecule has 2 aromatic carbocycles. The summed E-state index contributed by atoms with van der Waals surface area (Å²) in [6, 6.07) is 13.9. The number of ketones is 1. The number of rotatable bonds is 3. The lowest BCUT2D eigenvalue weighted by Gasteiger charge is -2.05. The maximum Gasteiger partial charge on any atom is 0.168 e. The van der Waals surface area contributed by atoms with Crippen molar-refractivity contribution < 1.29 is 4.79 Å². The minimum absolute atomic E-state index is 0.157. The molecule has 0 saturated heterocycles. The van der Waals surface area contributed by atoms with Gasteiger partial charge in [0.25, 0.3) is 0 Å². The third-order valence-corrected chi connectivity index (χ3v) is 4.15. The normalized spacial score (nSPS) is 10.4. The van der Waals surface area contributed by atoms with Crippen LogP contribution in [0.15, 0.2) is 46.9 Å². The molecular weight excluding hydrogens is 403 g/mol. The third-order valence-electron chi connectivity index (χ3n) is 2.71. The third kappa shape index (κ3) is 3.42. The Balaban J connectivity index is 2.21. The van der Waals surface area contributed by atoms with E-state index in [0.29, 0.717) is 6.42 Å². The van der Waals surface area contributed by atoms with Crippen LogP contribution in [-0.4, -0.2) is 5.78 Å². The SMILES string of the molecule is Cc1ccc(CC(=O)c2cc(Br)ccc2I)cc1. The van der Waals surface area contributed by atoms with Crippen molar-refractivity contribution in [3.63, 3.8) is 0 Å². The molecule has 0 saturated carbocycles. The summed E-state index contributed by atoms with van der Waals surface area (Å²) in [5, 5.41) is 0. The Morgan fingerprint density at radius 2 is 1.83 bits per heavy atom. The molecule has 0 heterocycles. The van der Waals surface area contributed by atoms with Gasteiger partial charge in [-0.2, -0.15) is 0 Å². The Labute approximate surface area is 129 Å². The fraction of sp³-hybridized carbons (Fsp3) is 0.133. The quantitative estimate of drug-likeness (QED) is 0.521. The van der Waals surface area contributed by atoms with E-state index >= 15 is 0 Å². The van der Waals surface area contributed by atoms with Gasteiger partial charge in [-0.3, -0.25) is 4.79 Å². The summed E-state index contributed by atoms with van der Waals surface area (Å²) in [6.07, 6.45) is 0.451. The smallest absolute Gasteiger partial charge is 0.168 e. The van der Waals surface area contributed by atoms with Crippen LogP contribution in [0.4, 0.5) is 0 Å². The number of aryl methyl sites for hydroxylation is 1. The molecule has 0 aliphatic heterocycles. The Morgan fingerprint density at radius 1 is 1.17 bits per heavy atom. The van der Waals surface area contributed by atoms with E-state index in [2.05, 4.69) is 38.5 Å². The minimum atomic E-state index is 0.157. The first-order valence-electron chi connectivity index (χ1n) is 5.60. The molecule has 2 rings (SSSR count). The summed E-state index contributed by atoms with van der Waals surface area (Å²) in [6.45, 7) is 2.04. The number of Topliss-reactive ketones (excluding diaryl/α,β-unsaturated/α-hetero) is 1. The van der Waals surface area contributed by atoms with Crippen molar-refractivity contribution >= 4 is 44.3 Å². The minimum Gasteiger partial charge on any atom is -0.294 e. The summed E-state index contributed by atoms with van der Waals surface area (Å²) < 4.78 is 1.93. The molecule has 2 aromatic rings. The van der Waals surface area contributed by atoms with Crippen molar-refractivity contribution in [3.05, 3.63) is 67.2 Å². The fourth-order valence-corrected chi connectivity index (χ4v) is 2.70. The Morgan fingerprint density at radius 3 is 2.50 bits per heavy atom. The summed E-state index contributed by atoms with van der Waals surface area (Å²) in [7, 11) is 0. The van der Waals surface area contributed by atoms with Crippen molar-refractivity contribution in [2.75, 3.05) is 0 Å². The molecule has 0 aliphatic carbocycles. The highest BCUT2D eigenvalue weighted by atomic mass is 127. The Kier molecular flexibility index (Phi) is 4.56. The van der Waals surface area contributed by atoms with E-state index in [1.54, 1.807) is 0 Å². The van der Waals surface area contributed by atoms with Crippen LogP contribution in [0.1, 0.15) is 21.5 Å². The molecule has 0 aromatic heterocycles. The van der Waals surface area contributed by atoms with Crippen LogP contribution in [0.3, 0.4) is 0 Å². The second-order valence-electron chi connectivity index (χ2n) is 4.21. The maximum absolute atomic E-state index is 12.2. The topological polar surface area (TPSA) is 17.1 Å². The number of hydrogen-bond donors (Lipinski definition) is 0. The molecule has 3 heteroatoms. The van der Waals surface area contributed by atoms with Gasteiger partial charge >= 0.3 is 0 Å². The number of benzene rings is 2. The van der Waals surface area contributed by atoms with E-state index in [9.17, 15) is 4.79 Å². The lowest BCUT2D eigenvalue weighted by molar-refractivity contribution is 0.0992. The van der Waals surface area contributed by atoms with Gasteiger partial charge in [-0.15, -0.1) is 0 Å². The highest BCUT2D eigenvalue weighted by molar-refractivity contribution is 14.1. The van der Waals surface area contributed by atoms with Crippen LogP contribution in [-0.2, 0) is 6.42 Å². The molecular formula is C15H12BrIO. The highest BCUT2D eigenvalue weighted by Crippen LogP contribution is 2.20. The largest absolute Gasteiger partial charge is 0.294 e. The second kappa shape index (κ2) is 5.97. The Hall–Kier alpha value is -0.680. The average molecular weight is 415 g/mol. The van der Waals surface area contributed by atoms with Crippen LogP contribution in [0.25, 0.3) is 0 Å². The van der Waals surface area contributed by atoms with Gasteiger partial charge in [0.05, 0.1) is 0 Å². The standard InChI is InChI=1S/C15H12BrIO/c1-10-2-4-11(5-3-10)8-15(18)13-9-12(16)6-7-14(13)17/h2-7,9H,8H2,1H3. The zero-order valence-corrected chi connectivity index (χ0v) is 13.7. The van der Waals surface area contributed by atoms with Gasteiger partial charge < -0.3 is 0 Å². The van der Waals surface area contributed by atoms with Gasteiger partial charge in [0.15, 0.2) is 5.78 Å². The molecule has 0 aliphatic rings. The molecule has 0 radical (unpaired) electrons. The number of carbonyl (C=O) groups is 1. The van der Waals surface area contributed by atoms with Gasteiger partial charge in [-0.25, -0.2) is 0 Å². The molecule has 0 N–H and O–H groups in total. The van der Waals surface area contributed by atoms with E-state index < -0.39 is 0 Å². The van der Waals surface area contributed by atoms with Crippen LogP contribution < -0.4 is 0 Å². The Bertz CT molecular complexity index is 576. The van der Waals surface area contributed by atoms with Crippen molar-refractivity contribution in [2.24, 2.45) is 0 Å². The molecule has 0 spiro atoms. The van der Waals surface area contributed by atoms with Crippen molar-refractivity contribution in [3.8, 4) is 0 Å². The molecule has 0 atom stereocenters. The van der Waals surface area contributed by atoms with Gasteiger partial charge in [-0.05, 0) is 53.3 Å². The zero-order valence-electron chi connectivity index (χ0n) is 9.91. The van der Waals surface area contributed by atoms with Gasteiger partial charge in [0.1, 0.15) is 0 Å². The second-order valence-corrected chi connectivity index (χ2v) is 6.29. The average Bonchev–Trinajstić information content (AvgIpc) is 2.35. The van der Waals surface area contributed by atoms with Crippen molar-refractivity contribution in [2.45, 2.75) is 13.3 Å². The molecule has 0 bridgehead atoms. The van der Waals surface area contributed by atoms with E-state index in [1.807, 2.05) is 49.4 Å². The first kappa shape index (κ1) is 13.7. The number of carbonyl (C=O) groups excluding carboxylic acids is 1. The lowest BCUT2D eigenvalue weighted by atomic mass is 10.0. The van der Waals surface area contributed by atoms with Crippen LogP contribution >= 0.6 is 38.5 Å². The van der Waals surface area contributed by atoms with E-state index in [4.69, 9.17) is 0 Å². The molecule has 18 heavy (non-hydrogen) atoms.